The number of carbonyl (C=O) groups is 1. The second-order valence-electron chi connectivity index (χ2n) is 7.74. The Hall–Kier alpha value is -2.74. The maximum atomic E-state index is 13.1. The van der Waals surface area contributed by atoms with Crippen molar-refractivity contribution >= 4 is 17.5 Å². The molecule has 2 aliphatic rings. The minimum Gasteiger partial charge on any atom is -0.368 e. The summed E-state index contributed by atoms with van der Waals surface area (Å²) in [6, 6.07) is 8.27. The number of benzene rings is 1. The maximum Gasteiger partial charge on any atom is 0.272 e. The van der Waals surface area contributed by atoms with E-state index in [1.54, 1.807) is 18.2 Å². The molecule has 0 spiro atoms. The summed E-state index contributed by atoms with van der Waals surface area (Å²) in [5, 5.41) is 0. The first-order valence-electron chi connectivity index (χ1n) is 10.1. The third kappa shape index (κ3) is 4.48. The normalized spacial score (nSPS) is 18.2. The first-order valence-corrected chi connectivity index (χ1v) is 10.1. The van der Waals surface area contributed by atoms with Crippen molar-refractivity contribution in [1.29, 1.82) is 0 Å². The third-order valence-corrected chi connectivity index (χ3v) is 5.61. The fourth-order valence-electron chi connectivity index (χ4n) is 3.79. The fourth-order valence-corrected chi connectivity index (χ4v) is 3.79. The van der Waals surface area contributed by atoms with Crippen LogP contribution in [-0.4, -0.2) is 85.1 Å². The second-order valence-corrected chi connectivity index (χ2v) is 7.74. The van der Waals surface area contributed by atoms with Crippen LogP contribution in [0.3, 0.4) is 0 Å². The highest BCUT2D eigenvalue weighted by Crippen LogP contribution is 2.19. The lowest BCUT2D eigenvalue weighted by molar-refractivity contribution is 0.0740. The molecule has 2 fully saturated rings. The molecule has 2 aliphatic heterocycles. The number of hydrogen-bond donors (Lipinski definition) is 0. The van der Waals surface area contributed by atoms with Crippen molar-refractivity contribution in [2.75, 3.05) is 69.2 Å². The van der Waals surface area contributed by atoms with E-state index in [1.807, 2.05) is 11.8 Å². The lowest BCUT2D eigenvalue weighted by atomic mass is 10.2. The van der Waals surface area contributed by atoms with Gasteiger partial charge in [-0.1, -0.05) is 0 Å². The molecule has 8 heteroatoms. The second kappa shape index (κ2) is 8.32. The number of anilines is 2. The Morgan fingerprint density at radius 3 is 2.17 bits per heavy atom. The van der Waals surface area contributed by atoms with Crippen molar-refractivity contribution in [3.8, 4) is 0 Å². The average molecular weight is 398 g/mol. The summed E-state index contributed by atoms with van der Waals surface area (Å²) in [4.78, 5) is 30.7. The Bertz CT molecular complexity index is 858. The van der Waals surface area contributed by atoms with E-state index in [0.717, 1.165) is 37.6 Å². The number of carbonyl (C=O) groups excluding carboxylic acids is 1. The van der Waals surface area contributed by atoms with Crippen LogP contribution < -0.4 is 9.80 Å². The van der Waals surface area contributed by atoms with Crippen LogP contribution in [0.15, 0.2) is 30.3 Å². The third-order valence-electron chi connectivity index (χ3n) is 5.61. The molecule has 3 heterocycles. The lowest BCUT2D eigenvalue weighted by Gasteiger charge is -2.36. The molecule has 0 bridgehead atoms. The zero-order chi connectivity index (χ0) is 20.4. The van der Waals surface area contributed by atoms with Gasteiger partial charge in [0.15, 0.2) is 0 Å². The van der Waals surface area contributed by atoms with Gasteiger partial charge in [-0.25, -0.2) is 14.4 Å². The highest BCUT2D eigenvalue weighted by atomic mass is 19.1. The van der Waals surface area contributed by atoms with E-state index in [4.69, 9.17) is 0 Å². The van der Waals surface area contributed by atoms with Gasteiger partial charge in [0.25, 0.3) is 5.91 Å². The molecule has 29 heavy (non-hydrogen) atoms. The standard InChI is InChI=1S/C21H27FN6O/c1-16-15-19(24-21(23-16)28-9-7-25(2)8-10-28)20(29)27-13-11-26(12-14-27)18-5-3-17(22)4-6-18/h3-6,15H,7-14H2,1-2H3. The van der Waals surface area contributed by atoms with Crippen molar-refractivity contribution in [3.63, 3.8) is 0 Å². The maximum absolute atomic E-state index is 13.1. The smallest absolute Gasteiger partial charge is 0.272 e. The van der Waals surface area contributed by atoms with Gasteiger partial charge in [-0.05, 0) is 44.3 Å². The Labute approximate surface area is 170 Å². The zero-order valence-electron chi connectivity index (χ0n) is 17.0. The van der Waals surface area contributed by atoms with Gasteiger partial charge in [-0.2, -0.15) is 0 Å². The Balaban J connectivity index is 1.42. The highest BCUT2D eigenvalue weighted by molar-refractivity contribution is 5.93. The number of amides is 1. The highest BCUT2D eigenvalue weighted by Gasteiger charge is 2.25. The monoisotopic (exact) mass is 398 g/mol. The number of aromatic nitrogens is 2. The number of likely N-dealkylation sites (N-methyl/N-ethyl adjacent to an activating group) is 1. The number of piperazine rings is 2. The van der Waals surface area contributed by atoms with Crippen molar-refractivity contribution < 1.29 is 9.18 Å². The molecule has 154 valence electrons. The molecule has 0 N–H and O–H groups in total. The van der Waals surface area contributed by atoms with Crippen molar-refractivity contribution in [3.05, 3.63) is 47.5 Å². The molecular formula is C21H27FN6O. The quantitative estimate of drug-likeness (QED) is 0.784. The molecule has 0 saturated carbocycles. The summed E-state index contributed by atoms with van der Waals surface area (Å²) in [5.74, 6) is 0.355. The van der Waals surface area contributed by atoms with Gasteiger partial charge < -0.3 is 19.6 Å². The number of hydrogen-bond acceptors (Lipinski definition) is 6. The summed E-state index contributed by atoms with van der Waals surface area (Å²) < 4.78 is 13.1. The lowest BCUT2D eigenvalue weighted by Crippen LogP contribution is -2.49. The number of halogens is 1. The molecule has 2 saturated heterocycles. The number of rotatable bonds is 3. The van der Waals surface area contributed by atoms with Crippen molar-refractivity contribution in [1.82, 2.24) is 19.8 Å². The van der Waals surface area contributed by atoms with Crippen LogP contribution in [0.25, 0.3) is 0 Å². The molecule has 1 aromatic carbocycles. The number of aryl methyl sites for hydroxylation is 1. The first kappa shape index (κ1) is 19.6. The molecule has 0 unspecified atom stereocenters. The van der Waals surface area contributed by atoms with Crippen LogP contribution in [0, 0.1) is 12.7 Å². The van der Waals surface area contributed by atoms with Crippen molar-refractivity contribution in [2.45, 2.75) is 6.92 Å². The van der Waals surface area contributed by atoms with Crippen LogP contribution in [0.2, 0.25) is 0 Å². The molecule has 4 rings (SSSR count). The van der Waals surface area contributed by atoms with E-state index >= 15 is 0 Å². The SMILES string of the molecule is Cc1cc(C(=O)N2CCN(c3ccc(F)cc3)CC2)nc(N2CCN(C)CC2)n1. The summed E-state index contributed by atoms with van der Waals surface area (Å²) in [5.41, 5.74) is 2.25. The number of nitrogens with zero attached hydrogens (tertiary/aromatic N) is 6. The van der Waals surface area contributed by atoms with E-state index in [2.05, 4.69) is 31.7 Å². The van der Waals surface area contributed by atoms with Gasteiger partial charge in [0.05, 0.1) is 0 Å². The largest absolute Gasteiger partial charge is 0.368 e. The van der Waals surface area contributed by atoms with E-state index in [-0.39, 0.29) is 11.7 Å². The van der Waals surface area contributed by atoms with Gasteiger partial charge in [-0.3, -0.25) is 4.79 Å². The zero-order valence-corrected chi connectivity index (χ0v) is 17.0. The van der Waals surface area contributed by atoms with Gasteiger partial charge in [0.1, 0.15) is 11.5 Å². The Morgan fingerprint density at radius 2 is 1.52 bits per heavy atom. The molecule has 1 aromatic heterocycles. The van der Waals surface area contributed by atoms with Crippen molar-refractivity contribution in [2.24, 2.45) is 0 Å². The Morgan fingerprint density at radius 1 is 0.897 bits per heavy atom. The van der Waals surface area contributed by atoms with Gasteiger partial charge in [0.2, 0.25) is 5.95 Å². The summed E-state index contributed by atoms with van der Waals surface area (Å²) >= 11 is 0. The van der Waals surface area contributed by atoms with Gasteiger partial charge in [-0.15, -0.1) is 0 Å². The molecular weight excluding hydrogens is 371 g/mol. The molecule has 2 aromatic rings. The summed E-state index contributed by atoms with van der Waals surface area (Å²) in [6.07, 6.45) is 0. The van der Waals surface area contributed by atoms with Crippen LogP contribution in [0.4, 0.5) is 16.0 Å². The first-order chi connectivity index (χ1) is 14.0. The minimum absolute atomic E-state index is 0.0513. The summed E-state index contributed by atoms with van der Waals surface area (Å²) in [7, 11) is 2.11. The molecule has 0 atom stereocenters. The van der Waals surface area contributed by atoms with Gasteiger partial charge >= 0.3 is 0 Å². The topological polar surface area (TPSA) is 55.8 Å². The molecule has 0 aliphatic carbocycles. The minimum atomic E-state index is -0.238. The molecule has 7 nitrogen and oxygen atoms in total. The predicted octanol–water partition coefficient (Wildman–Crippen LogP) is 1.64. The van der Waals surface area contributed by atoms with E-state index in [9.17, 15) is 9.18 Å². The predicted molar refractivity (Wildman–Crippen MR) is 111 cm³/mol. The van der Waals surface area contributed by atoms with Crippen LogP contribution >= 0.6 is 0 Å². The average Bonchev–Trinajstić information content (AvgIpc) is 2.74. The molecule has 0 radical (unpaired) electrons. The van der Waals surface area contributed by atoms with E-state index in [1.165, 1.54) is 12.1 Å². The molecule has 1 amide bonds. The van der Waals surface area contributed by atoms with E-state index < -0.39 is 0 Å². The fraction of sp³-hybridized carbons (Fsp3) is 0.476. The van der Waals surface area contributed by atoms with Crippen LogP contribution in [-0.2, 0) is 0 Å². The van der Waals surface area contributed by atoms with Gasteiger partial charge in [0, 0.05) is 63.7 Å². The summed E-state index contributed by atoms with van der Waals surface area (Å²) in [6.45, 7) is 8.22. The van der Waals surface area contributed by atoms with E-state index in [0.29, 0.717) is 37.8 Å². The Kier molecular flexibility index (Phi) is 5.62. The van der Waals surface area contributed by atoms with Crippen LogP contribution in [0.1, 0.15) is 16.2 Å². The van der Waals surface area contributed by atoms with Crippen LogP contribution in [0.5, 0.6) is 0 Å².